The molecule has 2 amide bonds. The number of rotatable bonds is 5. The van der Waals surface area contributed by atoms with Gasteiger partial charge in [-0.3, -0.25) is 9.59 Å². The molecule has 6 nitrogen and oxygen atoms in total. The lowest BCUT2D eigenvalue weighted by Gasteiger charge is -2.10. The van der Waals surface area contributed by atoms with Crippen LogP contribution >= 0.6 is 11.6 Å². The number of pyridine rings is 1. The van der Waals surface area contributed by atoms with Crippen LogP contribution in [0.5, 0.6) is 5.88 Å². The molecule has 2 N–H and O–H groups in total. The zero-order valence-electron chi connectivity index (χ0n) is 13.6. The van der Waals surface area contributed by atoms with Crippen LogP contribution in [0.3, 0.4) is 0 Å². The van der Waals surface area contributed by atoms with Crippen molar-refractivity contribution < 1.29 is 14.3 Å². The monoisotopic (exact) mass is 347 g/mol. The van der Waals surface area contributed by atoms with E-state index in [0.717, 1.165) is 0 Å². The van der Waals surface area contributed by atoms with Gasteiger partial charge >= 0.3 is 0 Å². The standard InChI is InChI=1S/C17H18ClN3O3/c1-10(2)24-16-7-4-12(9-19-16)17(23)21-13-5-6-14(18)15(8-13)20-11(3)22/h4-10H,1-3H3,(H,20,22)(H,21,23). The molecule has 0 bridgehead atoms. The van der Waals surface area contributed by atoms with Gasteiger partial charge in [0.15, 0.2) is 0 Å². The van der Waals surface area contributed by atoms with Gasteiger partial charge in [-0.1, -0.05) is 11.6 Å². The minimum atomic E-state index is -0.324. The summed E-state index contributed by atoms with van der Waals surface area (Å²) >= 11 is 6.00. The lowest BCUT2D eigenvalue weighted by Crippen LogP contribution is -2.13. The summed E-state index contributed by atoms with van der Waals surface area (Å²) in [5.74, 6) is -0.110. The molecule has 24 heavy (non-hydrogen) atoms. The summed E-state index contributed by atoms with van der Waals surface area (Å²) in [5.41, 5.74) is 1.33. The van der Waals surface area contributed by atoms with Gasteiger partial charge in [-0.05, 0) is 38.1 Å². The molecule has 0 saturated heterocycles. The van der Waals surface area contributed by atoms with E-state index in [1.54, 1.807) is 30.3 Å². The maximum Gasteiger partial charge on any atom is 0.257 e. The van der Waals surface area contributed by atoms with Crippen molar-refractivity contribution in [3.8, 4) is 5.88 Å². The number of carbonyl (C=O) groups excluding carboxylic acids is 2. The lowest BCUT2D eigenvalue weighted by molar-refractivity contribution is -0.114. The van der Waals surface area contributed by atoms with E-state index in [2.05, 4.69) is 15.6 Å². The number of anilines is 2. The molecule has 1 aromatic heterocycles. The fraction of sp³-hybridized carbons (Fsp3) is 0.235. The van der Waals surface area contributed by atoms with Crippen LogP contribution in [-0.4, -0.2) is 22.9 Å². The van der Waals surface area contributed by atoms with Crippen LogP contribution in [0, 0.1) is 0 Å². The summed E-state index contributed by atoms with van der Waals surface area (Å²) in [7, 11) is 0. The summed E-state index contributed by atoms with van der Waals surface area (Å²) in [6, 6.07) is 8.10. The molecule has 0 atom stereocenters. The number of nitrogens with one attached hydrogen (secondary N) is 2. The Morgan fingerprint density at radius 2 is 1.92 bits per heavy atom. The Hall–Kier alpha value is -2.60. The number of carbonyl (C=O) groups is 2. The second-order valence-corrected chi connectivity index (χ2v) is 5.79. The molecule has 0 fully saturated rings. The molecule has 1 heterocycles. The van der Waals surface area contributed by atoms with Crippen molar-refractivity contribution >= 4 is 34.8 Å². The topological polar surface area (TPSA) is 80.3 Å². The molecule has 1 aromatic carbocycles. The van der Waals surface area contributed by atoms with E-state index in [9.17, 15) is 9.59 Å². The highest BCUT2D eigenvalue weighted by molar-refractivity contribution is 6.33. The summed E-state index contributed by atoms with van der Waals surface area (Å²) in [4.78, 5) is 27.5. The minimum absolute atomic E-state index is 0.0124. The predicted molar refractivity (Wildman–Crippen MR) is 93.7 cm³/mol. The van der Waals surface area contributed by atoms with E-state index in [4.69, 9.17) is 16.3 Å². The van der Waals surface area contributed by atoms with E-state index < -0.39 is 0 Å². The van der Waals surface area contributed by atoms with Crippen LogP contribution in [-0.2, 0) is 4.79 Å². The molecule has 7 heteroatoms. The van der Waals surface area contributed by atoms with Crippen LogP contribution in [0.2, 0.25) is 5.02 Å². The van der Waals surface area contributed by atoms with Crippen molar-refractivity contribution in [3.05, 3.63) is 47.1 Å². The fourth-order valence-electron chi connectivity index (χ4n) is 1.92. The van der Waals surface area contributed by atoms with Gasteiger partial charge < -0.3 is 15.4 Å². The summed E-state index contributed by atoms with van der Waals surface area (Å²) in [6.07, 6.45) is 1.45. The largest absolute Gasteiger partial charge is 0.475 e. The number of hydrogen-bond acceptors (Lipinski definition) is 4. The Morgan fingerprint density at radius 1 is 1.17 bits per heavy atom. The molecule has 0 aliphatic rings. The third-order valence-electron chi connectivity index (χ3n) is 2.89. The molecule has 126 valence electrons. The first-order chi connectivity index (χ1) is 11.3. The van der Waals surface area contributed by atoms with Crippen molar-refractivity contribution in [2.45, 2.75) is 26.9 Å². The van der Waals surface area contributed by atoms with Gasteiger partial charge in [0.2, 0.25) is 11.8 Å². The maximum atomic E-state index is 12.3. The van der Waals surface area contributed by atoms with Crippen molar-refractivity contribution in [2.75, 3.05) is 10.6 Å². The van der Waals surface area contributed by atoms with Gasteiger partial charge in [0.1, 0.15) is 0 Å². The van der Waals surface area contributed by atoms with Gasteiger partial charge in [-0.25, -0.2) is 4.98 Å². The third-order valence-corrected chi connectivity index (χ3v) is 3.22. The number of nitrogens with zero attached hydrogens (tertiary/aromatic N) is 1. The highest BCUT2D eigenvalue weighted by atomic mass is 35.5. The molecule has 0 unspecified atom stereocenters. The Balaban J connectivity index is 2.10. The lowest BCUT2D eigenvalue weighted by atomic mass is 10.2. The zero-order chi connectivity index (χ0) is 17.7. The second-order valence-electron chi connectivity index (χ2n) is 5.38. The van der Waals surface area contributed by atoms with Crippen LogP contribution < -0.4 is 15.4 Å². The van der Waals surface area contributed by atoms with Gasteiger partial charge in [0.05, 0.1) is 22.4 Å². The number of hydrogen-bond donors (Lipinski definition) is 2. The predicted octanol–water partition coefficient (Wildman–Crippen LogP) is 3.73. The highest BCUT2D eigenvalue weighted by Crippen LogP contribution is 2.25. The first kappa shape index (κ1) is 17.7. The van der Waals surface area contributed by atoms with E-state index in [0.29, 0.717) is 27.8 Å². The van der Waals surface area contributed by atoms with E-state index in [1.165, 1.54) is 13.1 Å². The SMILES string of the molecule is CC(=O)Nc1cc(NC(=O)c2ccc(OC(C)C)nc2)ccc1Cl. The van der Waals surface area contributed by atoms with Crippen molar-refractivity contribution in [3.63, 3.8) is 0 Å². The molecular formula is C17H18ClN3O3. The fourth-order valence-corrected chi connectivity index (χ4v) is 2.08. The first-order valence-corrected chi connectivity index (χ1v) is 7.74. The quantitative estimate of drug-likeness (QED) is 0.863. The van der Waals surface area contributed by atoms with E-state index >= 15 is 0 Å². The van der Waals surface area contributed by atoms with E-state index in [-0.39, 0.29) is 17.9 Å². The van der Waals surface area contributed by atoms with Crippen LogP contribution in [0.25, 0.3) is 0 Å². The molecule has 2 aromatic rings. The number of benzene rings is 1. The number of aromatic nitrogens is 1. The van der Waals surface area contributed by atoms with Crippen LogP contribution in [0.15, 0.2) is 36.5 Å². The van der Waals surface area contributed by atoms with Gasteiger partial charge in [-0.15, -0.1) is 0 Å². The van der Waals surface area contributed by atoms with Gasteiger partial charge in [-0.2, -0.15) is 0 Å². The highest BCUT2D eigenvalue weighted by Gasteiger charge is 2.10. The molecule has 0 radical (unpaired) electrons. The zero-order valence-corrected chi connectivity index (χ0v) is 14.3. The summed E-state index contributed by atoms with van der Waals surface area (Å²) in [6.45, 7) is 5.18. The second kappa shape index (κ2) is 7.79. The molecular weight excluding hydrogens is 330 g/mol. The normalized spacial score (nSPS) is 10.4. The third kappa shape index (κ3) is 4.96. The van der Waals surface area contributed by atoms with Gasteiger partial charge in [0, 0.05) is 24.9 Å². The van der Waals surface area contributed by atoms with Gasteiger partial charge in [0.25, 0.3) is 5.91 Å². The van der Waals surface area contributed by atoms with Crippen LogP contribution in [0.4, 0.5) is 11.4 Å². The van der Waals surface area contributed by atoms with Crippen LogP contribution in [0.1, 0.15) is 31.1 Å². The van der Waals surface area contributed by atoms with Crippen molar-refractivity contribution in [1.82, 2.24) is 4.98 Å². The number of ether oxygens (including phenoxy) is 1. The molecule has 2 rings (SSSR count). The molecule has 0 aliphatic heterocycles. The minimum Gasteiger partial charge on any atom is -0.475 e. The Labute approximate surface area is 145 Å². The molecule has 0 spiro atoms. The number of amides is 2. The first-order valence-electron chi connectivity index (χ1n) is 7.36. The van der Waals surface area contributed by atoms with Crippen molar-refractivity contribution in [2.24, 2.45) is 0 Å². The average Bonchev–Trinajstić information content (AvgIpc) is 2.50. The van der Waals surface area contributed by atoms with E-state index in [1.807, 2.05) is 13.8 Å². The number of halogens is 1. The summed E-state index contributed by atoms with van der Waals surface area (Å²) < 4.78 is 5.44. The Morgan fingerprint density at radius 3 is 2.50 bits per heavy atom. The summed E-state index contributed by atoms with van der Waals surface area (Å²) in [5, 5.41) is 5.72. The average molecular weight is 348 g/mol. The van der Waals surface area contributed by atoms with Crippen molar-refractivity contribution in [1.29, 1.82) is 0 Å². The smallest absolute Gasteiger partial charge is 0.257 e. The molecule has 0 saturated carbocycles. The Bertz CT molecular complexity index is 745. The Kier molecular flexibility index (Phi) is 5.76. The maximum absolute atomic E-state index is 12.3. The molecule has 0 aliphatic carbocycles.